The number of hydrogen-bond acceptors (Lipinski definition) is 1. The van der Waals surface area contributed by atoms with Crippen LogP contribution in [0.2, 0.25) is 0 Å². The van der Waals surface area contributed by atoms with Gasteiger partial charge < -0.3 is 15.3 Å². The molecule has 70 heavy (non-hydrogen) atoms. The van der Waals surface area contributed by atoms with Crippen molar-refractivity contribution in [2.75, 3.05) is 0 Å². The summed E-state index contributed by atoms with van der Waals surface area (Å²) in [5.41, 5.74) is 0. The van der Waals surface area contributed by atoms with Gasteiger partial charge in [0.1, 0.15) is 18.7 Å². The minimum absolute atomic E-state index is 0. The predicted molar refractivity (Wildman–Crippen MR) is 316 cm³/mol. The third kappa shape index (κ3) is 22.0. The van der Waals surface area contributed by atoms with E-state index in [-0.39, 0.29) is 34.1 Å². The van der Waals surface area contributed by atoms with Crippen molar-refractivity contribution in [3.8, 4) is 0 Å². The van der Waals surface area contributed by atoms with Crippen LogP contribution in [0.3, 0.4) is 0 Å². The van der Waals surface area contributed by atoms with Crippen LogP contribution < -0.4 is 47.5 Å². The molecule has 4 nitrogen and oxygen atoms in total. The maximum atomic E-state index is 4.92. The van der Waals surface area contributed by atoms with E-state index in [1.54, 1.807) is 0 Å². The van der Waals surface area contributed by atoms with Crippen LogP contribution in [0.15, 0.2) is 243 Å². The van der Waals surface area contributed by atoms with Crippen molar-refractivity contribution in [1.82, 2.24) is 5.09 Å². The molecule has 8 aromatic rings. The van der Waals surface area contributed by atoms with Crippen LogP contribution in [0.1, 0.15) is 55.4 Å². The zero-order chi connectivity index (χ0) is 48.4. The molecule has 0 aliphatic rings. The van der Waals surface area contributed by atoms with Gasteiger partial charge in [0.05, 0.1) is 31.8 Å². The van der Waals surface area contributed by atoms with Gasteiger partial charge in [-0.05, 0) is 135 Å². The van der Waals surface area contributed by atoms with Gasteiger partial charge in [-0.15, -0.1) is 18.1 Å². The van der Waals surface area contributed by atoms with Crippen LogP contribution in [0.4, 0.5) is 0 Å². The first kappa shape index (κ1) is 60.7. The Bertz CT molecular complexity index is 1970. The Morgan fingerprint density at radius 2 is 0.429 bits per heavy atom. The fourth-order valence-electron chi connectivity index (χ4n) is 7.13. The molecule has 0 saturated heterocycles. The van der Waals surface area contributed by atoms with E-state index in [9.17, 15) is 0 Å². The van der Waals surface area contributed by atoms with Crippen molar-refractivity contribution in [3.63, 3.8) is 0 Å². The van der Waals surface area contributed by atoms with Gasteiger partial charge in [-0.1, -0.05) is 187 Å². The van der Waals surface area contributed by atoms with Gasteiger partial charge in [0.2, 0.25) is 0 Å². The normalized spacial score (nSPS) is 10.7. The Morgan fingerprint density at radius 1 is 0.271 bits per heavy atom. The van der Waals surface area contributed by atoms with E-state index < -0.39 is 32.3 Å². The molecule has 0 heterocycles. The van der Waals surface area contributed by atoms with E-state index in [4.69, 9.17) is 15.3 Å². The van der Waals surface area contributed by atoms with Gasteiger partial charge >= 0.3 is 17.1 Å². The summed E-state index contributed by atoms with van der Waals surface area (Å²) < 4.78 is 0. The Hall–Kier alpha value is -3.64. The largest absolute Gasteiger partial charge is 2.00 e. The summed E-state index contributed by atoms with van der Waals surface area (Å²) in [6.45, 7) is 17.3. The van der Waals surface area contributed by atoms with Gasteiger partial charge in [0, 0.05) is 23.1 Å². The monoisotopic (exact) mass is 1090 g/mol. The number of nitrogens with one attached hydrogen (secondary N) is 1. The molecule has 1 N–H and O–H groups in total. The van der Waals surface area contributed by atoms with Crippen LogP contribution in [-0.2, 0) is 34.1 Å². The second-order valence-corrected chi connectivity index (χ2v) is 25.8. The van der Waals surface area contributed by atoms with Crippen molar-refractivity contribution < 1.29 is 34.1 Å². The smallest absolute Gasteiger partial charge is 0.481 e. The van der Waals surface area contributed by atoms with Crippen molar-refractivity contribution in [1.29, 1.82) is 0 Å². The first-order chi connectivity index (χ1) is 33.1. The molecule has 8 rings (SSSR count). The molecule has 0 spiro atoms. The second kappa shape index (κ2) is 34.7. The van der Waals surface area contributed by atoms with Crippen molar-refractivity contribution >= 4 is 74.7 Å². The maximum absolute atomic E-state index is 4.92. The number of rotatable bonds is 16. The molecule has 0 saturated carbocycles. The Morgan fingerprint density at radius 3 is 0.571 bits per heavy atom. The molecule has 0 radical (unpaired) electrons. The number of benzene rings is 8. The van der Waals surface area contributed by atoms with Crippen LogP contribution in [0, 0.1) is 0 Å². The summed E-state index contributed by atoms with van der Waals surface area (Å²) in [5, 5.41) is 29.5. The van der Waals surface area contributed by atoms with E-state index in [0.717, 1.165) is 0 Å². The third-order valence-corrected chi connectivity index (χ3v) is 20.3. The molecule has 0 atom stereocenters. The molecule has 0 unspecified atom stereocenters. The second-order valence-electron chi connectivity index (χ2n) is 17.3. The molecule has 8 aromatic carbocycles. The fraction of sp³-hybridized carbons (Fsp3) is 0.200. The summed E-state index contributed by atoms with van der Waals surface area (Å²) >= 11 is 0. The topological polar surface area (TPSA) is 54.3 Å². The third-order valence-electron chi connectivity index (χ3n) is 10.0. The molecular weight excluding hydrogens is 1010 g/mol. The number of nitrogens with zero attached hydrogens (tertiary/aromatic N) is 3. The summed E-state index contributed by atoms with van der Waals surface area (Å²) in [5.74, 6) is 0. The van der Waals surface area contributed by atoms with Crippen molar-refractivity contribution in [3.05, 3.63) is 258 Å². The van der Waals surface area contributed by atoms with E-state index in [0.29, 0.717) is 24.2 Å². The molecule has 0 aromatic heterocycles. The summed E-state index contributed by atoms with van der Waals surface area (Å²) in [7, 11) is -3.77. The van der Waals surface area contributed by atoms with Gasteiger partial charge in [-0.3, -0.25) is 0 Å². The molecule has 0 amide bonds. The van der Waals surface area contributed by atoms with E-state index in [1.807, 2.05) is 0 Å². The van der Waals surface area contributed by atoms with Gasteiger partial charge in [-0.2, -0.15) is 5.09 Å². The first-order valence-corrected chi connectivity index (χ1v) is 29.7. The van der Waals surface area contributed by atoms with Crippen LogP contribution in [0.5, 0.6) is 0 Å². The maximum Gasteiger partial charge on any atom is 2.00 e. The number of hydrogen-bond donors (Lipinski definition) is 1. The molecule has 366 valence electrons. The van der Waals surface area contributed by atoms with Crippen LogP contribution in [-0.4, -0.2) is 24.2 Å². The zero-order valence-corrected chi connectivity index (χ0v) is 48.2. The molecule has 0 fully saturated rings. The van der Waals surface area contributed by atoms with E-state index >= 15 is 0 Å². The standard InChI is InChI=1S/4C15H18NP.2Fe/c4*1-13(2)16-17(14-9-5-3-6-10-14)15-11-7-4-8-12-15;;/h3*3-13,17H,1-2H3;3-13,16H,1-2H3;;/q;;;;;+2/p+1. The van der Waals surface area contributed by atoms with Gasteiger partial charge in [0.15, 0.2) is 0 Å². The van der Waals surface area contributed by atoms with E-state index in [2.05, 4.69) is 303 Å². The Balaban J connectivity index is 0.000000245. The Labute approximate surface area is 448 Å². The minimum atomic E-state index is -0.974. The van der Waals surface area contributed by atoms with Crippen molar-refractivity contribution in [2.24, 2.45) is 0 Å². The van der Waals surface area contributed by atoms with Gasteiger partial charge in [0.25, 0.3) is 0 Å². The average molecular weight is 1090 g/mol. The molecule has 0 aliphatic heterocycles. The average Bonchev–Trinajstić information content (AvgIpc) is 3.38. The van der Waals surface area contributed by atoms with Crippen LogP contribution >= 0.6 is 32.3 Å². The van der Waals surface area contributed by atoms with Crippen molar-refractivity contribution in [2.45, 2.75) is 79.6 Å². The van der Waals surface area contributed by atoms with E-state index in [1.165, 1.54) is 42.4 Å². The SMILES string of the molecule is CC(C)N[PH+](c1ccccc1)c1ccccc1.CC(C)[N-][PH+](c1ccccc1)c1ccccc1.CC(C)[N-][PH+](c1ccccc1)c1ccccc1.CC(C)[N-][PH+](c1ccccc1)c1ccccc1.[Fe+2].[Fe]. The zero-order valence-electron chi connectivity index (χ0n) is 42.0. The Kier molecular flexibility index (Phi) is 30.0. The fourth-order valence-corrected chi connectivity index (χ4v) is 15.9. The van der Waals surface area contributed by atoms with Gasteiger partial charge in [-0.25, -0.2) is 0 Å². The van der Waals surface area contributed by atoms with Crippen LogP contribution in [0.25, 0.3) is 15.3 Å². The first-order valence-electron chi connectivity index (χ1n) is 23.9. The quantitative estimate of drug-likeness (QED) is 0.0761. The minimum Gasteiger partial charge on any atom is -0.481 e. The molecule has 0 aliphatic carbocycles. The summed E-state index contributed by atoms with van der Waals surface area (Å²) in [6.07, 6.45) is 0. The molecule has 10 heteroatoms. The summed E-state index contributed by atoms with van der Waals surface area (Å²) in [4.78, 5) is 0. The molecular formula is C60H73Fe2N4P4+3. The summed E-state index contributed by atoms with van der Waals surface area (Å²) in [6, 6.07) is 86.9. The predicted octanol–water partition coefficient (Wildman–Crippen LogP) is 13.4. The molecule has 0 bridgehead atoms.